The standard InChI is InChI=1S/C15H15Cl3N2O2/c1-2-5-20-12(9-4-3-8(16)6-10(9)17)7-11(19)13(18)14(20)15(21)22/h3-4,6-7,14H,2,5,19H2,1H3,(H,21,22). The highest BCUT2D eigenvalue weighted by Crippen LogP contribution is 2.36. The molecule has 1 aromatic rings. The van der Waals surface area contributed by atoms with E-state index < -0.39 is 12.0 Å². The quantitative estimate of drug-likeness (QED) is 0.853. The summed E-state index contributed by atoms with van der Waals surface area (Å²) >= 11 is 18.3. The summed E-state index contributed by atoms with van der Waals surface area (Å²) in [6, 6.07) is 4.02. The predicted molar refractivity (Wildman–Crippen MR) is 89.9 cm³/mol. The van der Waals surface area contributed by atoms with Crippen molar-refractivity contribution in [2.45, 2.75) is 19.4 Å². The molecule has 0 saturated carbocycles. The SMILES string of the molecule is CCCN1C(c2ccc(Cl)cc2Cl)=CC(N)=C(Cl)C1C(=O)O. The van der Waals surface area contributed by atoms with Crippen molar-refractivity contribution in [3.05, 3.63) is 50.6 Å². The third-order valence-electron chi connectivity index (χ3n) is 3.33. The van der Waals surface area contributed by atoms with Gasteiger partial charge in [-0.3, -0.25) is 0 Å². The van der Waals surface area contributed by atoms with Gasteiger partial charge >= 0.3 is 5.97 Å². The Bertz CT molecular complexity index is 671. The van der Waals surface area contributed by atoms with Crippen molar-refractivity contribution >= 4 is 46.5 Å². The molecule has 7 heteroatoms. The van der Waals surface area contributed by atoms with Gasteiger partial charge in [-0.25, -0.2) is 4.79 Å². The molecule has 1 aromatic carbocycles. The maximum Gasteiger partial charge on any atom is 0.332 e. The van der Waals surface area contributed by atoms with E-state index in [4.69, 9.17) is 40.5 Å². The van der Waals surface area contributed by atoms with E-state index in [0.717, 1.165) is 6.42 Å². The molecule has 0 aliphatic carbocycles. The zero-order chi connectivity index (χ0) is 16.4. The summed E-state index contributed by atoms with van der Waals surface area (Å²) in [6.45, 7) is 2.46. The van der Waals surface area contributed by atoms with Crippen LogP contribution in [-0.2, 0) is 4.79 Å². The average Bonchev–Trinajstić information content (AvgIpc) is 2.43. The average molecular weight is 362 g/mol. The van der Waals surface area contributed by atoms with Gasteiger partial charge in [-0.05, 0) is 30.7 Å². The maximum absolute atomic E-state index is 11.6. The van der Waals surface area contributed by atoms with E-state index >= 15 is 0 Å². The number of allylic oxidation sites excluding steroid dienone is 1. The number of nitrogens with zero attached hydrogens (tertiary/aromatic N) is 1. The fourth-order valence-electron chi connectivity index (χ4n) is 2.39. The van der Waals surface area contributed by atoms with Crippen molar-refractivity contribution in [1.82, 2.24) is 4.90 Å². The Kier molecular flexibility index (Phi) is 5.27. The lowest BCUT2D eigenvalue weighted by Crippen LogP contribution is -2.43. The molecule has 1 heterocycles. The molecule has 2 rings (SSSR count). The van der Waals surface area contributed by atoms with Crippen LogP contribution >= 0.6 is 34.8 Å². The number of nitrogens with two attached hydrogens (primary N) is 1. The van der Waals surface area contributed by atoms with Crippen LogP contribution < -0.4 is 5.73 Å². The van der Waals surface area contributed by atoms with Crippen LogP contribution in [0.4, 0.5) is 0 Å². The Morgan fingerprint density at radius 2 is 2.05 bits per heavy atom. The summed E-state index contributed by atoms with van der Waals surface area (Å²) in [5, 5.41) is 10.5. The predicted octanol–water partition coefficient (Wildman–Crippen LogP) is 3.92. The molecule has 0 saturated heterocycles. The van der Waals surface area contributed by atoms with E-state index in [1.54, 1.807) is 29.2 Å². The van der Waals surface area contributed by atoms with Crippen LogP contribution in [0.25, 0.3) is 5.70 Å². The minimum Gasteiger partial charge on any atom is -0.479 e. The molecule has 0 fully saturated rings. The van der Waals surface area contributed by atoms with Crippen molar-refractivity contribution < 1.29 is 9.90 Å². The second-order valence-corrected chi connectivity index (χ2v) is 6.14. The van der Waals surface area contributed by atoms with Gasteiger partial charge in [0.15, 0.2) is 6.04 Å². The van der Waals surface area contributed by atoms with Crippen molar-refractivity contribution in [1.29, 1.82) is 0 Å². The van der Waals surface area contributed by atoms with E-state index in [-0.39, 0.29) is 10.7 Å². The van der Waals surface area contributed by atoms with Crippen LogP contribution in [0.5, 0.6) is 0 Å². The summed E-state index contributed by atoms with van der Waals surface area (Å²) in [5.74, 6) is -1.06. The fraction of sp³-hybridized carbons (Fsp3) is 0.267. The van der Waals surface area contributed by atoms with Crippen LogP contribution in [0.15, 0.2) is 35.0 Å². The number of halogens is 3. The third kappa shape index (κ3) is 3.19. The zero-order valence-electron chi connectivity index (χ0n) is 11.8. The first-order valence-electron chi connectivity index (χ1n) is 6.68. The molecule has 0 aromatic heterocycles. The minimum atomic E-state index is -1.06. The molecular weight excluding hydrogens is 347 g/mol. The van der Waals surface area contributed by atoms with Gasteiger partial charge in [-0.2, -0.15) is 0 Å². The maximum atomic E-state index is 11.6. The number of carboxylic acid groups (broad SMARTS) is 1. The van der Waals surface area contributed by atoms with E-state index in [1.165, 1.54) is 0 Å². The number of hydrogen-bond acceptors (Lipinski definition) is 3. The van der Waals surface area contributed by atoms with Gasteiger partial charge in [0.2, 0.25) is 0 Å². The largest absolute Gasteiger partial charge is 0.479 e. The van der Waals surface area contributed by atoms with Crippen LogP contribution in [-0.4, -0.2) is 28.6 Å². The second-order valence-electron chi connectivity index (χ2n) is 4.89. The molecule has 1 aliphatic heterocycles. The fourth-order valence-corrected chi connectivity index (χ4v) is 3.17. The highest BCUT2D eigenvalue weighted by molar-refractivity contribution is 6.36. The Morgan fingerprint density at radius 1 is 1.36 bits per heavy atom. The highest BCUT2D eigenvalue weighted by Gasteiger charge is 2.35. The normalized spacial score (nSPS) is 18.5. The summed E-state index contributed by atoms with van der Waals surface area (Å²) in [5.41, 5.74) is 7.40. The van der Waals surface area contributed by atoms with Gasteiger partial charge in [0.25, 0.3) is 0 Å². The molecule has 3 N–H and O–H groups in total. The number of aliphatic carboxylic acids is 1. The van der Waals surface area contributed by atoms with Crippen LogP contribution in [0.1, 0.15) is 18.9 Å². The molecule has 0 spiro atoms. The first-order valence-corrected chi connectivity index (χ1v) is 7.82. The van der Waals surface area contributed by atoms with Crippen LogP contribution in [0.3, 0.4) is 0 Å². The van der Waals surface area contributed by atoms with Gasteiger partial charge in [-0.1, -0.05) is 41.7 Å². The Hall–Kier alpha value is -1.36. The molecule has 0 radical (unpaired) electrons. The molecule has 118 valence electrons. The monoisotopic (exact) mass is 360 g/mol. The third-order valence-corrected chi connectivity index (χ3v) is 4.31. The van der Waals surface area contributed by atoms with Crippen molar-refractivity contribution in [2.24, 2.45) is 5.73 Å². The number of hydrogen-bond donors (Lipinski definition) is 2. The van der Waals surface area contributed by atoms with Gasteiger partial charge in [0.05, 0.1) is 15.8 Å². The highest BCUT2D eigenvalue weighted by atomic mass is 35.5. The lowest BCUT2D eigenvalue weighted by molar-refractivity contribution is -0.140. The van der Waals surface area contributed by atoms with Gasteiger partial charge in [-0.15, -0.1) is 0 Å². The molecule has 22 heavy (non-hydrogen) atoms. The van der Waals surface area contributed by atoms with E-state index in [9.17, 15) is 9.90 Å². The van der Waals surface area contributed by atoms with E-state index in [2.05, 4.69) is 0 Å². The van der Waals surface area contributed by atoms with Crippen molar-refractivity contribution in [3.8, 4) is 0 Å². The first-order chi connectivity index (χ1) is 10.4. The lowest BCUT2D eigenvalue weighted by atomic mass is 10.0. The molecule has 1 unspecified atom stereocenters. The van der Waals surface area contributed by atoms with Crippen molar-refractivity contribution in [3.63, 3.8) is 0 Å². The first kappa shape index (κ1) is 17.0. The summed E-state index contributed by atoms with van der Waals surface area (Å²) in [7, 11) is 0. The summed E-state index contributed by atoms with van der Waals surface area (Å²) < 4.78 is 0. The Labute approximate surface area is 143 Å². The summed E-state index contributed by atoms with van der Waals surface area (Å²) in [6.07, 6.45) is 2.39. The number of benzene rings is 1. The molecule has 1 aliphatic rings. The van der Waals surface area contributed by atoms with E-state index in [1.807, 2.05) is 6.92 Å². The summed E-state index contributed by atoms with van der Waals surface area (Å²) in [4.78, 5) is 13.3. The van der Waals surface area contributed by atoms with Gasteiger partial charge in [0, 0.05) is 22.8 Å². The molecule has 0 amide bonds. The molecule has 0 bridgehead atoms. The van der Waals surface area contributed by atoms with Crippen LogP contribution in [0.2, 0.25) is 10.0 Å². The van der Waals surface area contributed by atoms with E-state index in [0.29, 0.717) is 27.9 Å². The molecular formula is C15H15Cl3N2O2. The van der Waals surface area contributed by atoms with Gasteiger partial charge in [0.1, 0.15) is 0 Å². The molecule has 4 nitrogen and oxygen atoms in total. The number of carbonyl (C=O) groups is 1. The lowest BCUT2D eigenvalue weighted by Gasteiger charge is -2.36. The topological polar surface area (TPSA) is 66.6 Å². The zero-order valence-corrected chi connectivity index (χ0v) is 14.1. The Morgan fingerprint density at radius 3 is 2.59 bits per heavy atom. The van der Waals surface area contributed by atoms with Crippen molar-refractivity contribution in [2.75, 3.05) is 6.54 Å². The minimum absolute atomic E-state index is 0.106. The van der Waals surface area contributed by atoms with Crippen LogP contribution in [0, 0.1) is 0 Å². The van der Waals surface area contributed by atoms with Gasteiger partial charge < -0.3 is 15.7 Å². The number of rotatable bonds is 4. The number of carboxylic acids is 1. The smallest absolute Gasteiger partial charge is 0.332 e. The Balaban J connectivity index is 2.60. The molecule has 1 atom stereocenters. The second kappa shape index (κ2) is 6.82.